The quantitative estimate of drug-likeness (QED) is 0.652. The number of anilines is 1. The van der Waals surface area contributed by atoms with Crippen LogP contribution < -0.4 is 5.48 Å². The molecule has 0 amide bonds. The molecule has 0 saturated carbocycles. The zero-order valence-corrected chi connectivity index (χ0v) is 9.45. The highest BCUT2D eigenvalue weighted by molar-refractivity contribution is 7.13. The summed E-state index contributed by atoms with van der Waals surface area (Å²) in [6, 6.07) is 7.63. The van der Waals surface area contributed by atoms with Gasteiger partial charge in [0.15, 0.2) is 6.29 Å². The van der Waals surface area contributed by atoms with Crippen LogP contribution in [0.15, 0.2) is 29.6 Å². The molecule has 0 bridgehead atoms. The number of aldehydes is 1. The first-order valence-corrected chi connectivity index (χ1v) is 5.51. The van der Waals surface area contributed by atoms with Gasteiger partial charge in [-0.2, -0.15) is 0 Å². The summed E-state index contributed by atoms with van der Waals surface area (Å²) in [7, 11) is 1.56. The number of thiazole rings is 1. The van der Waals surface area contributed by atoms with Crippen LogP contribution in [0.3, 0.4) is 0 Å². The number of nitrogens with zero attached hydrogens (tertiary/aromatic N) is 1. The molecule has 4 nitrogen and oxygen atoms in total. The molecule has 16 heavy (non-hydrogen) atoms. The Balaban J connectivity index is 2.23. The highest BCUT2D eigenvalue weighted by Crippen LogP contribution is 2.24. The summed E-state index contributed by atoms with van der Waals surface area (Å²) in [5, 5.41) is 2.58. The molecule has 0 fully saturated rings. The third kappa shape index (κ3) is 2.26. The van der Waals surface area contributed by atoms with Crippen molar-refractivity contribution in [3.63, 3.8) is 0 Å². The van der Waals surface area contributed by atoms with Crippen molar-refractivity contribution in [2.24, 2.45) is 0 Å². The molecule has 0 spiro atoms. The van der Waals surface area contributed by atoms with Crippen molar-refractivity contribution in [1.29, 1.82) is 0 Å². The fourth-order valence-electron chi connectivity index (χ4n) is 1.27. The first-order valence-electron chi connectivity index (χ1n) is 4.63. The topological polar surface area (TPSA) is 51.2 Å². The fourth-order valence-corrected chi connectivity index (χ4v) is 2.04. The van der Waals surface area contributed by atoms with Gasteiger partial charge in [-0.25, -0.2) is 4.98 Å². The van der Waals surface area contributed by atoms with Crippen LogP contribution in [0.25, 0.3) is 10.6 Å². The summed E-state index contributed by atoms with van der Waals surface area (Å²) >= 11 is 1.45. The van der Waals surface area contributed by atoms with Gasteiger partial charge in [-0.1, -0.05) is 0 Å². The molecule has 1 aromatic heterocycles. The van der Waals surface area contributed by atoms with Crippen LogP contribution in [0.2, 0.25) is 0 Å². The van der Waals surface area contributed by atoms with Gasteiger partial charge in [0.05, 0.1) is 12.8 Å². The van der Waals surface area contributed by atoms with Crippen LogP contribution in [-0.2, 0) is 4.84 Å². The zero-order chi connectivity index (χ0) is 11.4. The van der Waals surface area contributed by atoms with E-state index in [9.17, 15) is 4.79 Å². The largest absolute Gasteiger partial charge is 0.296 e. The lowest BCUT2D eigenvalue weighted by Crippen LogP contribution is -1.94. The summed E-state index contributed by atoms with van der Waals surface area (Å²) in [4.78, 5) is 19.5. The lowest BCUT2D eigenvalue weighted by atomic mass is 10.2. The number of hydrogen-bond acceptors (Lipinski definition) is 5. The van der Waals surface area contributed by atoms with Gasteiger partial charge >= 0.3 is 0 Å². The molecule has 1 N–H and O–H groups in total. The molecule has 0 saturated heterocycles. The van der Waals surface area contributed by atoms with Crippen LogP contribution in [0.4, 0.5) is 5.69 Å². The Hall–Kier alpha value is -1.72. The predicted octanol–water partition coefficient (Wildman–Crippen LogP) is 2.60. The van der Waals surface area contributed by atoms with Gasteiger partial charge in [-0.15, -0.1) is 11.3 Å². The second-order valence-corrected chi connectivity index (χ2v) is 3.94. The SMILES string of the molecule is CONc1ccc(-c2nc(C=O)cs2)cc1. The minimum Gasteiger partial charge on any atom is -0.296 e. The standard InChI is InChI=1S/C11H10N2O2S/c1-15-13-9-4-2-8(3-5-9)11-12-10(6-14)7-16-11/h2-7,13H,1H3. The Labute approximate surface area is 96.9 Å². The smallest absolute Gasteiger partial charge is 0.169 e. The number of hydrogen-bond donors (Lipinski definition) is 1. The van der Waals surface area contributed by atoms with E-state index in [2.05, 4.69) is 10.5 Å². The van der Waals surface area contributed by atoms with Gasteiger partial charge in [0.25, 0.3) is 0 Å². The predicted molar refractivity (Wildman–Crippen MR) is 63.6 cm³/mol. The average molecular weight is 234 g/mol. The maximum absolute atomic E-state index is 10.5. The monoisotopic (exact) mass is 234 g/mol. The second-order valence-electron chi connectivity index (χ2n) is 3.08. The van der Waals surface area contributed by atoms with Gasteiger partial charge in [0.1, 0.15) is 10.7 Å². The van der Waals surface area contributed by atoms with E-state index in [0.29, 0.717) is 5.69 Å². The number of rotatable bonds is 4. The summed E-state index contributed by atoms with van der Waals surface area (Å²) in [5.74, 6) is 0. The molecule has 1 aromatic carbocycles. The molecule has 82 valence electrons. The van der Waals surface area contributed by atoms with Crippen LogP contribution >= 0.6 is 11.3 Å². The first kappa shape index (κ1) is 10.8. The van der Waals surface area contributed by atoms with Gasteiger partial charge in [-0.05, 0) is 24.3 Å². The van der Waals surface area contributed by atoms with Crippen molar-refractivity contribution in [2.75, 3.05) is 12.6 Å². The van der Waals surface area contributed by atoms with Crippen LogP contribution in [0, 0.1) is 0 Å². The minimum absolute atomic E-state index is 0.471. The van der Waals surface area contributed by atoms with Crippen LogP contribution in [0.5, 0.6) is 0 Å². The summed E-state index contributed by atoms with van der Waals surface area (Å²) in [5.41, 5.74) is 5.06. The molecule has 2 aromatic rings. The van der Waals surface area contributed by atoms with E-state index in [4.69, 9.17) is 4.84 Å². The van der Waals surface area contributed by atoms with E-state index in [-0.39, 0.29) is 0 Å². The maximum atomic E-state index is 10.5. The lowest BCUT2D eigenvalue weighted by Gasteiger charge is -2.02. The molecule has 2 rings (SSSR count). The van der Waals surface area contributed by atoms with E-state index in [1.165, 1.54) is 11.3 Å². The van der Waals surface area contributed by atoms with Gasteiger partial charge in [0.2, 0.25) is 0 Å². The molecule has 0 radical (unpaired) electrons. The van der Waals surface area contributed by atoms with Crippen molar-refractivity contribution in [3.8, 4) is 10.6 Å². The van der Waals surface area contributed by atoms with Gasteiger partial charge in [0, 0.05) is 10.9 Å². The molecule has 5 heteroatoms. The number of benzene rings is 1. The number of aromatic nitrogens is 1. The molecule has 1 heterocycles. The third-order valence-electron chi connectivity index (χ3n) is 1.99. The van der Waals surface area contributed by atoms with Crippen LogP contribution in [-0.4, -0.2) is 18.4 Å². The molecule has 0 aliphatic rings. The number of carbonyl (C=O) groups is 1. The van der Waals surface area contributed by atoms with Gasteiger partial charge in [-0.3, -0.25) is 15.1 Å². The van der Waals surface area contributed by atoms with E-state index in [0.717, 1.165) is 22.5 Å². The van der Waals surface area contributed by atoms with Gasteiger partial charge < -0.3 is 0 Å². The van der Waals surface area contributed by atoms with E-state index < -0.39 is 0 Å². The molecule has 0 aliphatic heterocycles. The average Bonchev–Trinajstić information content (AvgIpc) is 2.79. The van der Waals surface area contributed by atoms with Crippen LogP contribution in [0.1, 0.15) is 10.5 Å². The summed E-state index contributed by atoms with van der Waals surface area (Å²) in [6.07, 6.45) is 0.751. The van der Waals surface area contributed by atoms with Crippen molar-refractivity contribution >= 4 is 23.3 Å². The summed E-state index contributed by atoms with van der Waals surface area (Å²) < 4.78 is 0. The van der Waals surface area contributed by atoms with E-state index in [1.807, 2.05) is 24.3 Å². The van der Waals surface area contributed by atoms with Crippen molar-refractivity contribution in [1.82, 2.24) is 4.98 Å². The Bertz CT molecular complexity index is 479. The Morgan fingerprint density at radius 1 is 1.38 bits per heavy atom. The number of nitrogens with one attached hydrogen (secondary N) is 1. The fraction of sp³-hybridized carbons (Fsp3) is 0.0909. The highest BCUT2D eigenvalue weighted by Gasteiger charge is 2.03. The molecular formula is C11H10N2O2S. The Morgan fingerprint density at radius 3 is 2.69 bits per heavy atom. The van der Waals surface area contributed by atoms with Crippen molar-refractivity contribution in [2.45, 2.75) is 0 Å². The molecule has 0 unspecified atom stereocenters. The Kier molecular flexibility index (Phi) is 3.28. The third-order valence-corrected chi connectivity index (χ3v) is 2.90. The van der Waals surface area contributed by atoms with E-state index >= 15 is 0 Å². The van der Waals surface area contributed by atoms with Crippen molar-refractivity contribution in [3.05, 3.63) is 35.3 Å². The lowest BCUT2D eigenvalue weighted by molar-refractivity contribution is 0.111. The second kappa shape index (κ2) is 4.87. The molecular weight excluding hydrogens is 224 g/mol. The maximum Gasteiger partial charge on any atom is 0.169 e. The summed E-state index contributed by atoms with van der Waals surface area (Å²) in [6.45, 7) is 0. The molecule has 0 aliphatic carbocycles. The van der Waals surface area contributed by atoms with Crippen molar-refractivity contribution < 1.29 is 9.63 Å². The zero-order valence-electron chi connectivity index (χ0n) is 8.64. The molecule has 0 atom stereocenters. The Morgan fingerprint density at radius 2 is 2.12 bits per heavy atom. The first-order chi connectivity index (χ1) is 7.83. The minimum atomic E-state index is 0.471. The van der Waals surface area contributed by atoms with E-state index in [1.54, 1.807) is 12.5 Å². The number of carbonyl (C=O) groups excluding carboxylic acids is 1. The highest BCUT2D eigenvalue weighted by atomic mass is 32.1. The normalized spacial score (nSPS) is 10.1.